The van der Waals surface area contributed by atoms with Crippen molar-refractivity contribution in [3.63, 3.8) is 0 Å². The number of benzene rings is 3. The number of aromatic nitrogens is 4. The maximum atomic E-state index is 13.8. The number of amides is 2. The van der Waals surface area contributed by atoms with E-state index < -0.39 is 12.1 Å². The average Bonchev–Trinajstić information content (AvgIpc) is 4.01. The molecule has 3 aliphatic heterocycles. The third-order valence-electron chi connectivity index (χ3n) is 11.9. The lowest BCUT2D eigenvalue weighted by atomic mass is 9.87. The van der Waals surface area contributed by atoms with Crippen LogP contribution in [0.15, 0.2) is 60.7 Å². The predicted octanol–water partition coefficient (Wildman–Crippen LogP) is 8.29. The summed E-state index contributed by atoms with van der Waals surface area (Å²) in [5.41, 5.74) is 9.07. The van der Waals surface area contributed by atoms with Gasteiger partial charge in [-0.15, -0.1) is 0 Å². The summed E-state index contributed by atoms with van der Waals surface area (Å²) in [5.74, 6) is 1.62. The number of fused-ring (bicyclic) bond motifs is 2. The number of nitrogens with one attached hydrogen (secondary N) is 4. The minimum absolute atomic E-state index is 0.0658. The van der Waals surface area contributed by atoms with Crippen LogP contribution in [0.2, 0.25) is 0 Å². The highest BCUT2D eigenvalue weighted by atomic mass is 16.5. The van der Waals surface area contributed by atoms with E-state index in [9.17, 15) is 9.59 Å². The standard InChI is InChI=1S/C43H54N8O3/c1-25(2)38(49-42(53)54-6)41(52)50-22-8-10-37(50)40-46-31-18-12-27(24-34(31)48-40)36-20-19-35(51(36)29-15-13-28(14-16-29)43(3,4)5)26-11-17-30-33(23-26)47-39(45-30)32-9-7-21-44-32/h11-18,23-25,32,35-38,44H,7-10,19-22H2,1-6H3,(H,45,47)(H,46,48)(H,49,53)/t32-,35+,36+,37?,38-/m0/s1. The third kappa shape index (κ3) is 6.83. The number of imidazole rings is 2. The minimum atomic E-state index is -0.673. The lowest BCUT2D eigenvalue weighted by molar-refractivity contribution is -0.135. The number of methoxy groups -OCH3 is 1. The van der Waals surface area contributed by atoms with Crippen LogP contribution in [0.4, 0.5) is 10.5 Å². The number of H-pyrrole nitrogens is 2. The highest BCUT2D eigenvalue weighted by molar-refractivity contribution is 5.86. The van der Waals surface area contributed by atoms with E-state index in [1.807, 2.05) is 18.7 Å². The van der Waals surface area contributed by atoms with E-state index in [2.05, 4.69) is 107 Å². The number of carbonyl (C=O) groups is 2. The number of rotatable bonds is 8. The number of alkyl carbamates (subject to hydrolysis) is 1. The van der Waals surface area contributed by atoms with Crippen LogP contribution in [-0.2, 0) is 14.9 Å². The van der Waals surface area contributed by atoms with Crippen LogP contribution < -0.4 is 15.5 Å². The summed E-state index contributed by atoms with van der Waals surface area (Å²) >= 11 is 0. The van der Waals surface area contributed by atoms with Gasteiger partial charge < -0.3 is 35.1 Å². The molecular weight excluding hydrogens is 677 g/mol. The second-order valence-electron chi connectivity index (χ2n) is 16.8. The molecule has 0 spiro atoms. The van der Waals surface area contributed by atoms with Crippen LogP contribution in [0.5, 0.6) is 0 Å². The Labute approximate surface area is 317 Å². The summed E-state index contributed by atoms with van der Waals surface area (Å²) in [6, 6.07) is 22.3. The van der Waals surface area contributed by atoms with E-state index >= 15 is 0 Å². The Hall–Kier alpha value is -4.90. The van der Waals surface area contributed by atoms with Gasteiger partial charge in [-0.1, -0.05) is 58.9 Å². The first-order chi connectivity index (χ1) is 26.0. The van der Waals surface area contributed by atoms with Crippen molar-refractivity contribution in [2.75, 3.05) is 25.1 Å². The highest BCUT2D eigenvalue weighted by Crippen LogP contribution is 2.48. The van der Waals surface area contributed by atoms with Crippen LogP contribution in [0.25, 0.3) is 22.1 Å². The largest absolute Gasteiger partial charge is 0.453 e. The number of carbonyl (C=O) groups excluding carboxylic acids is 2. The zero-order valence-electron chi connectivity index (χ0n) is 32.4. The van der Waals surface area contributed by atoms with Crippen molar-refractivity contribution < 1.29 is 14.3 Å². The maximum Gasteiger partial charge on any atom is 0.407 e. The van der Waals surface area contributed by atoms with Gasteiger partial charge in [-0.3, -0.25) is 4.79 Å². The predicted molar refractivity (Wildman–Crippen MR) is 212 cm³/mol. The highest BCUT2D eigenvalue weighted by Gasteiger charge is 2.39. The SMILES string of the molecule is COC(=O)N[C@H](C(=O)N1CCCC1c1nc2ccc([C@H]3CC[C@H](c4ccc5nc([C@@H]6CCCN6)[nH]c5c4)N3c3ccc(C(C)(C)C)cc3)cc2[nH]1)C(C)C. The molecule has 0 bridgehead atoms. The molecule has 284 valence electrons. The molecule has 1 unspecified atom stereocenters. The van der Waals surface area contributed by atoms with Crippen molar-refractivity contribution in [3.05, 3.63) is 89.0 Å². The van der Waals surface area contributed by atoms with Crippen molar-refractivity contribution >= 4 is 39.8 Å². The molecule has 5 heterocycles. The lowest BCUT2D eigenvalue weighted by Gasteiger charge is -2.34. The maximum absolute atomic E-state index is 13.8. The van der Waals surface area contributed by atoms with Crippen LogP contribution in [0.1, 0.15) is 126 Å². The normalized spacial score (nSPS) is 22.5. The van der Waals surface area contributed by atoms with Gasteiger partial charge in [0.25, 0.3) is 0 Å². The van der Waals surface area contributed by atoms with Crippen molar-refractivity contribution in [1.82, 2.24) is 35.5 Å². The molecule has 11 nitrogen and oxygen atoms in total. The average molecular weight is 731 g/mol. The van der Waals surface area contributed by atoms with Crippen LogP contribution in [-0.4, -0.2) is 63.1 Å². The summed E-state index contributed by atoms with van der Waals surface area (Å²) in [4.78, 5) is 47.6. The summed E-state index contributed by atoms with van der Waals surface area (Å²) in [7, 11) is 1.32. The first-order valence-electron chi connectivity index (χ1n) is 19.7. The Morgan fingerprint density at radius 3 is 2.02 bits per heavy atom. The second kappa shape index (κ2) is 14.4. The molecule has 3 fully saturated rings. The lowest BCUT2D eigenvalue weighted by Crippen LogP contribution is -2.51. The quantitative estimate of drug-likeness (QED) is 0.126. The Morgan fingerprint density at radius 2 is 1.44 bits per heavy atom. The topological polar surface area (TPSA) is 131 Å². The van der Waals surface area contributed by atoms with Gasteiger partial charge in [-0.25, -0.2) is 14.8 Å². The Bertz CT molecular complexity index is 2140. The Kier molecular flexibility index (Phi) is 9.62. The van der Waals surface area contributed by atoms with Gasteiger partial charge in [-0.05, 0) is 109 Å². The summed E-state index contributed by atoms with van der Waals surface area (Å²) in [6.07, 6.45) is 5.40. The summed E-state index contributed by atoms with van der Waals surface area (Å²) in [6.45, 7) is 12.3. The second-order valence-corrected chi connectivity index (χ2v) is 16.8. The van der Waals surface area contributed by atoms with Crippen molar-refractivity contribution in [2.24, 2.45) is 5.92 Å². The third-order valence-corrected chi connectivity index (χ3v) is 11.9. The molecular formula is C43H54N8O3. The first kappa shape index (κ1) is 36.1. The molecule has 5 aromatic rings. The van der Waals surface area contributed by atoms with Gasteiger partial charge in [0, 0.05) is 12.2 Å². The Balaban J connectivity index is 1.11. The molecule has 0 radical (unpaired) electrons. The summed E-state index contributed by atoms with van der Waals surface area (Å²) in [5, 5.41) is 6.33. The fourth-order valence-electron chi connectivity index (χ4n) is 8.90. The molecule has 0 saturated carbocycles. The zero-order valence-corrected chi connectivity index (χ0v) is 32.4. The van der Waals surface area contributed by atoms with E-state index in [1.165, 1.54) is 35.9 Å². The number of hydrogen-bond donors (Lipinski definition) is 4. The van der Waals surface area contributed by atoms with E-state index in [1.54, 1.807) is 0 Å². The fourth-order valence-corrected chi connectivity index (χ4v) is 8.90. The van der Waals surface area contributed by atoms with Crippen LogP contribution in [0.3, 0.4) is 0 Å². The molecule has 0 aliphatic carbocycles. The van der Waals surface area contributed by atoms with Gasteiger partial charge >= 0.3 is 6.09 Å². The molecule has 3 aliphatic rings. The number of nitrogens with zero attached hydrogens (tertiary/aromatic N) is 4. The van der Waals surface area contributed by atoms with E-state index in [0.29, 0.717) is 12.6 Å². The minimum Gasteiger partial charge on any atom is -0.453 e. The van der Waals surface area contributed by atoms with Crippen LogP contribution in [0, 0.1) is 5.92 Å². The van der Waals surface area contributed by atoms with Gasteiger partial charge in [0.15, 0.2) is 0 Å². The molecule has 4 N–H and O–H groups in total. The monoisotopic (exact) mass is 730 g/mol. The first-order valence-corrected chi connectivity index (χ1v) is 19.7. The number of hydrogen-bond acceptors (Lipinski definition) is 7. The molecule has 3 aromatic carbocycles. The van der Waals surface area contributed by atoms with Crippen molar-refractivity contribution in [2.45, 2.75) is 109 Å². The summed E-state index contributed by atoms with van der Waals surface area (Å²) < 4.78 is 4.82. The van der Waals surface area contributed by atoms with Gasteiger partial charge in [0.2, 0.25) is 5.91 Å². The molecule has 5 atom stereocenters. The fraction of sp³-hybridized carbons (Fsp3) is 0.488. The van der Waals surface area contributed by atoms with Crippen molar-refractivity contribution in [1.29, 1.82) is 0 Å². The number of aromatic amines is 2. The molecule has 8 rings (SSSR count). The molecule has 2 amide bonds. The molecule has 2 aromatic heterocycles. The number of anilines is 1. The van der Waals surface area contributed by atoms with E-state index in [4.69, 9.17) is 14.7 Å². The molecule has 11 heteroatoms. The van der Waals surface area contributed by atoms with Gasteiger partial charge in [-0.2, -0.15) is 0 Å². The van der Waals surface area contributed by atoms with E-state index in [0.717, 1.165) is 72.4 Å². The molecule has 54 heavy (non-hydrogen) atoms. The van der Waals surface area contributed by atoms with Crippen LogP contribution >= 0.6 is 0 Å². The number of likely N-dealkylation sites (tertiary alicyclic amines) is 1. The Morgan fingerprint density at radius 1 is 0.815 bits per heavy atom. The molecule has 3 saturated heterocycles. The van der Waals surface area contributed by atoms with E-state index in [-0.39, 0.29) is 35.4 Å². The zero-order chi connectivity index (χ0) is 37.7. The van der Waals surface area contributed by atoms with Gasteiger partial charge in [0.1, 0.15) is 17.7 Å². The number of ether oxygens (including phenoxy) is 1. The van der Waals surface area contributed by atoms with Gasteiger partial charge in [0.05, 0.1) is 53.3 Å². The van der Waals surface area contributed by atoms with Crippen molar-refractivity contribution in [3.8, 4) is 0 Å². The smallest absolute Gasteiger partial charge is 0.407 e.